The Morgan fingerprint density at radius 2 is 1.15 bits per heavy atom. The highest BCUT2D eigenvalue weighted by atomic mass is 16.2. The van der Waals surface area contributed by atoms with E-state index in [1.807, 2.05) is 0 Å². The van der Waals surface area contributed by atoms with Gasteiger partial charge in [0.05, 0.1) is 6.04 Å². The summed E-state index contributed by atoms with van der Waals surface area (Å²) in [4.78, 5) is 15.6. The summed E-state index contributed by atoms with van der Waals surface area (Å²) in [6.45, 7) is 8.90. The number of amides is 1. The molecule has 1 aliphatic carbocycles. The van der Waals surface area contributed by atoms with Crippen LogP contribution in [-0.4, -0.2) is 36.0 Å². The van der Waals surface area contributed by atoms with Crippen LogP contribution in [0.15, 0.2) is 0 Å². The summed E-state index contributed by atoms with van der Waals surface area (Å²) in [6.07, 6.45) is 35.4. The third-order valence-corrected chi connectivity index (χ3v) is 9.95. The lowest BCUT2D eigenvalue weighted by Gasteiger charge is -2.34. The van der Waals surface area contributed by atoms with Gasteiger partial charge in [-0.3, -0.25) is 9.69 Å². The van der Waals surface area contributed by atoms with E-state index in [4.69, 9.17) is 0 Å². The van der Waals surface area contributed by atoms with Crippen molar-refractivity contribution in [2.45, 2.75) is 200 Å². The molecule has 1 saturated carbocycles. The van der Waals surface area contributed by atoms with Gasteiger partial charge in [0.2, 0.25) is 5.91 Å². The van der Waals surface area contributed by atoms with Crippen molar-refractivity contribution in [3.05, 3.63) is 0 Å². The van der Waals surface area contributed by atoms with Gasteiger partial charge in [-0.15, -0.1) is 0 Å². The standard InChI is InChI=1S/C36H70N2O/c1-4-7-9-11-13-17-21-27-34(37-36(39)35-29-23-24-30-38(35)6-3)28-22-18-14-16-20-26-33-31-32(33)25-19-15-12-10-8-5-2/h32-35H,4-31H2,1-3H3,(H,37,39)/t32-,33+,34+,35-/m0/s1. The Bertz CT molecular complexity index is 578. The van der Waals surface area contributed by atoms with Crippen LogP contribution in [0, 0.1) is 11.8 Å². The average Bonchev–Trinajstić information content (AvgIpc) is 3.71. The van der Waals surface area contributed by atoms with E-state index in [0.29, 0.717) is 11.9 Å². The molecule has 2 rings (SSSR count). The lowest BCUT2D eigenvalue weighted by Crippen LogP contribution is -2.51. The third kappa shape index (κ3) is 16.5. The molecular formula is C36H70N2O. The van der Waals surface area contributed by atoms with Crippen molar-refractivity contribution in [2.24, 2.45) is 11.8 Å². The Morgan fingerprint density at radius 1 is 0.667 bits per heavy atom. The molecule has 0 spiro atoms. The minimum absolute atomic E-state index is 0.118. The van der Waals surface area contributed by atoms with Gasteiger partial charge in [-0.1, -0.05) is 156 Å². The summed E-state index contributed by atoms with van der Waals surface area (Å²) in [6, 6.07) is 0.510. The Kier molecular flexibility index (Phi) is 20.5. The number of rotatable bonds is 26. The van der Waals surface area contributed by atoms with E-state index in [0.717, 1.165) is 31.3 Å². The molecule has 1 saturated heterocycles. The largest absolute Gasteiger partial charge is 0.352 e. The second-order valence-electron chi connectivity index (χ2n) is 13.4. The molecule has 0 unspecified atom stereocenters. The number of carbonyl (C=O) groups is 1. The van der Waals surface area contributed by atoms with Crippen LogP contribution in [0.25, 0.3) is 0 Å². The molecule has 0 aromatic rings. The summed E-state index contributed by atoms with van der Waals surface area (Å²) >= 11 is 0. The van der Waals surface area contributed by atoms with E-state index in [1.165, 1.54) is 161 Å². The Labute approximate surface area is 245 Å². The SMILES string of the molecule is CCCCCCCCC[C@H](CCCCCCC[C@@H]1C[C@@H]1CCCCCCCC)NC(=O)[C@@H]1CCCCN1CC. The maximum Gasteiger partial charge on any atom is 0.237 e. The second kappa shape index (κ2) is 23.0. The number of likely N-dealkylation sites (N-methyl/N-ethyl adjacent to an activating group) is 1. The van der Waals surface area contributed by atoms with E-state index in [9.17, 15) is 4.79 Å². The van der Waals surface area contributed by atoms with E-state index < -0.39 is 0 Å². The molecule has 0 aromatic heterocycles. The number of hydrogen-bond donors (Lipinski definition) is 1. The second-order valence-corrected chi connectivity index (χ2v) is 13.4. The van der Waals surface area contributed by atoms with Gasteiger partial charge in [-0.2, -0.15) is 0 Å². The number of nitrogens with one attached hydrogen (secondary N) is 1. The predicted octanol–water partition coefficient (Wildman–Crippen LogP) is 10.6. The van der Waals surface area contributed by atoms with Gasteiger partial charge in [-0.25, -0.2) is 0 Å². The van der Waals surface area contributed by atoms with E-state index >= 15 is 0 Å². The molecule has 1 amide bonds. The Hall–Kier alpha value is -0.570. The fraction of sp³-hybridized carbons (Fsp3) is 0.972. The van der Waals surface area contributed by atoms with Crippen molar-refractivity contribution in [1.29, 1.82) is 0 Å². The molecule has 1 N–H and O–H groups in total. The molecule has 0 aromatic carbocycles. The zero-order chi connectivity index (χ0) is 28.0. The first-order valence-corrected chi connectivity index (χ1v) is 18.2. The van der Waals surface area contributed by atoms with E-state index in [2.05, 4.69) is 31.0 Å². The first kappa shape index (κ1) is 34.6. The van der Waals surface area contributed by atoms with E-state index in [-0.39, 0.29) is 6.04 Å². The summed E-state index contributed by atoms with van der Waals surface area (Å²) in [5.74, 6) is 2.48. The Balaban J connectivity index is 1.56. The highest BCUT2D eigenvalue weighted by molar-refractivity contribution is 5.82. The van der Waals surface area contributed by atoms with Crippen LogP contribution in [0.3, 0.4) is 0 Å². The average molecular weight is 547 g/mol. The molecule has 4 atom stereocenters. The molecule has 39 heavy (non-hydrogen) atoms. The summed E-state index contributed by atoms with van der Waals surface area (Å²) in [5, 5.41) is 3.54. The van der Waals surface area contributed by atoms with Crippen LogP contribution in [0.5, 0.6) is 0 Å². The number of unbranched alkanes of at least 4 members (excludes halogenated alkanes) is 15. The zero-order valence-electron chi connectivity index (χ0n) is 27.0. The molecule has 2 aliphatic rings. The van der Waals surface area contributed by atoms with Crippen LogP contribution in [0.2, 0.25) is 0 Å². The first-order chi connectivity index (χ1) is 19.2. The maximum atomic E-state index is 13.2. The van der Waals surface area contributed by atoms with Gasteiger partial charge in [0, 0.05) is 6.04 Å². The monoisotopic (exact) mass is 547 g/mol. The van der Waals surface area contributed by atoms with Crippen molar-refractivity contribution in [3.63, 3.8) is 0 Å². The summed E-state index contributed by atoms with van der Waals surface area (Å²) in [5.41, 5.74) is 0. The number of piperidine rings is 1. The molecule has 3 nitrogen and oxygen atoms in total. The summed E-state index contributed by atoms with van der Waals surface area (Å²) in [7, 11) is 0. The first-order valence-electron chi connectivity index (χ1n) is 18.2. The molecular weight excluding hydrogens is 476 g/mol. The molecule has 0 radical (unpaired) electrons. The third-order valence-electron chi connectivity index (χ3n) is 9.95. The fourth-order valence-electron chi connectivity index (χ4n) is 7.13. The van der Waals surface area contributed by atoms with Crippen LogP contribution in [-0.2, 0) is 4.79 Å². The maximum absolute atomic E-state index is 13.2. The van der Waals surface area contributed by atoms with Crippen LogP contribution in [0.1, 0.15) is 188 Å². The van der Waals surface area contributed by atoms with Gasteiger partial charge in [0.15, 0.2) is 0 Å². The number of hydrogen-bond acceptors (Lipinski definition) is 2. The molecule has 230 valence electrons. The van der Waals surface area contributed by atoms with Crippen LogP contribution in [0.4, 0.5) is 0 Å². The number of likely N-dealkylation sites (tertiary alicyclic amines) is 1. The fourth-order valence-corrected chi connectivity index (χ4v) is 7.13. The van der Waals surface area contributed by atoms with Crippen molar-refractivity contribution in [2.75, 3.05) is 13.1 Å². The topological polar surface area (TPSA) is 32.3 Å². The molecule has 0 bridgehead atoms. The van der Waals surface area contributed by atoms with Crippen molar-refractivity contribution in [1.82, 2.24) is 10.2 Å². The molecule has 3 heteroatoms. The lowest BCUT2D eigenvalue weighted by molar-refractivity contribution is -0.128. The molecule has 1 aliphatic heterocycles. The van der Waals surface area contributed by atoms with Crippen molar-refractivity contribution < 1.29 is 4.79 Å². The van der Waals surface area contributed by atoms with Gasteiger partial charge < -0.3 is 5.32 Å². The minimum atomic E-state index is 0.118. The zero-order valence-corrected chi connectivity index (χ0v) is 27.0. The van der Waals surface area contributed by atoms with Gasteiger partial charge in [0.25, 0.3) is 0 Å². The normalized spacial score (nSPS) is 22.2. The van der Waals surface area contributed by atoms with Gasteiger partial charge >= 0.3 is 0 Å². The summed E-state index contributed by atoms with van der Waals surface area (Å²) < 4.78 is 0. The van der Waals surface area contributed by atoms with E-state index in [1.54, 1.807) is 0 Å². The minimum Gasteiger partial charge on any atom is -0.352 e. The quantitative estimate of drug-likeness (QED) is 0.109. The smallest absolute Gasteiger partial charge is 0.237 e. The molecule has 2 fully saturated rings. The van der Waals surface area contributed by atoms with Crippen molar-refractivity contribution >= 4 is 5.91 Å². The van der Waals surface area contributed by atoms with Crippen LogP contribution < -0.4 is 5.32 Å². The van der Waals surface area contributed by atoms with Crippen molar-refractivity contribution in [3.8, 4) is 0 Å². The highest BCUT2D eigenvalue weighted by Gasteiger charge is 2.35. The van der Waals surface area contributed by atoms with Gasteiger partial charge in [-0.05, 0) is 57.0 Å². The Morgan fingerprint density at radius 3 is 1.67 bits per heavy atom. The highest BCUT2D eigenvalue weighted by Crippen LogP contribution is 2.45. The van der Waals surface area contributed by atoms with Crippen LogP contribution >= 0.6 is 0 Å². The predicted molar refractivity (Wildman–Crippen MR) is 171 cm³/mol. The van der Waals surface area contributed by atoms with Gasteiger partial charge in [0.1, 0.15) is 0 Å². The lowest BCUT2D eigenvalue weighted by atomic mass is 9.97. The number of nitrogens with zero attached hydrogens (tertiary/aromatic N) is 1. The molecule has 1 heterocycles. The number of carbonyl (C=O) groups excluding carboxylic acids is 1.